The summed E-state index contributed by atoms with van der Waals surface area (Å²) in [5.74, 6) is -3.49. The summed E-state index contributed by atoms with van der Waals surface area (Å²) in [6.07, 6.45) is -4.85. The van der Waals surface area contributed by atoms with Crippen molar-refractivity contribution < 1.29 is 36.6 Å². The van der Waals surface area contributed by atoms with E-state index in [0.717, 1.165) is 25.4 Å². The van der Waals surface area contributed by atoms with Crippen molar-refractivity contribution in [2.45, 2.75) is 11.8 Å². The van der Waals surface area contributed by atoms with Crippen molar-refractivity contribution in [3.05, 3.63) is 29.6 Å². The second-order valence-corrected chi connectivity index (χ2v) is 3.54. The van der Waals surface area contributed by atoms with Crippen LogP contribution in [0.2, 0.25) is 0 Å². The van der Waals surface area contributed by atoms with Gasteiger partial charge in [-0.15, -0.1) is 0 Å². The number of halogens is 4. The van der Waals surface area contributed by atoms with Crippen LogP contribution >= 0.6 is 0 Å². The first-order valence-corrected chi connectivity index (χ1v) is 5.08. The fraction of sp³-hybridized carbons (Fsp3) is 0.364. The second kappa shape index (κ2) is 5.43. The molecule has 1 aromatic heterocycles. The highest BCUT2D eigenvalue weighted by atomic mass is 19.4. The highest BCUT2D eigenvalue weighted by Crippen LogP contribution is 2.43. The Morgan fingerprint density at radius 1 is 1.15 bits per heavy atom. The van der Waals surface area contributed by atoms with Gasteiger partial charge in [0.2, 0.25) is 0 Å². The molecule has 0 aromatic carbocycles. The van der Waals surface area contributed by atoms with E-state index in [9.17, 15) is 27.2 Å². The van der Waals surface area contributed by atoms with Crippen molar-refractivity contribution in [2.75, 3.05) is 14.2 Å². The van der Waals surface area contributed by atoms with Gasteiger partial charge in [-0.05, 0) is 12.1 Å². The summed E-state index contributed by atoms with van der Waals surface area (Å²) in [6, 6.07) is 1.96. The number of methoxy groups -OCH3 is 2. The molecule has 1 rings (SSSR count). The molecule has 0 aliphatic carbocycles. The maximum atomic E-state index is 14.3. The van der Waals surface area contributed by atoms with Gasteiger partial charge in [0.1, 0.15) is 5.69 Å². The molecule has 0 amide bonds. The maximum absolute atomic E-state index is 14.3. The minimum absolute atomic E-state index is 0.586. The number of hydrogen-bond donors (Lipinski definition) is 0. The van der Waals surface area contributed by atoms with Crippen LogP contribution < -0.4 is 0 Å². The number of alkyl halides is 4. The Kier molecular flexibility index (Phi) is 4.31. The molecule has 0 saturated carbocycles. The molecule has 0 spiro atoms. The van der Waals surface area contributed by atoms with Crippen molar-refractivity contribution in [1.29, 1.82) is 0 Å². The van der Waals surface area contributed by atoms with Crippen LogP contribution in [-0.2, 0) is 19.9 Å². The van der Waals surface area contributed by atoms with Gasteiger partial charge < -0.3 is 9.47 Å². The predicted octanol–water partition coefficient (Wildman–Crippen LogP) is 1.77. The highest BCUT2D eigenvalue weighted by molar-refractivity contribution is 5.94. The van der Waals surface area contributed by atoms with Crippen molar-refractivity contribution >= 4 is 11.9 Å². The molecule has 1 aromatic rings. The first-order chi connectivity index (χ1) is 9.20. The van der Waals surface area contributed by atoms with E-state index in [-0.39, 0.29) is 0 Å². The van der Waals surface area contributed by atoms with E-state index in [0.29, 0.717) is 7.11 Å². The molecule has 1 heterocycles. The Labute approximate surface area is 110 Å². The molecule has 0 radical (unpaired) electrons. The Bertz CT molecular complexity index is 531. The summed E-state index contributed by atoms with van der Waals surface area (Å²) in [6.45, 7) is 0. The number of aromatic nitrogens is 1. The number of carbonyl (C=O) groups excluding carboxylic acids is 2. The molecule has 5 nitrogen and oxygen atoms in total. The van der Waals surface area contributed by atoms with E-state index in [4.69, 9.17) is 0 Å². The molecule has 0 fully saturated rings. The normalized spacial score (nSPS) is 14.3. The lowest BCUT2D eigenvalue weighted by Crippen LogP contribution is -2.47. The molecule has 0 aliphatic heterocycles. The number of nitrogens with zero attached hydrogens (tertiary/aromatic N) is 1. The molecule has 1 atom stereocenters. The van der Waals surface area contributed by atoms with Crippen LogP contribution in [0.15, 0.2) is 18.3 Å². The van der Waals surface area contributed by atoms with Gasteiger partial charge in [0.05, 0.1) is 19.8 Å². The van der Waals surface area contributed by atoms with Crippen LogP contribution in [-0.4, -0.2) is 37.3 Å². The van der Waals surface area contributed by atoms with Gasteiger partial charge in [0.15, 0.2) is 0 Å². The monoisotopic (exact) mass is 295 g/mol. The van der Waals surface area contributed by atoms with E-state index in [1.807, 2.05) is 0 Å². The second-order valence-electron chi connectivity index (χ2n) is 3.54. The van der Waals surface area contributed by atoms with Crippen LogP contribution in [0.4, 0.5) is 17.6 Å². The van der Waals surface area contributed by atoms with Gasteiger partial charge in [-0.3, -0.25) is 4.98 Å². The third kappa shape index (κ3) is 2.43. The van der Waals surface area contributed by atoms with E-state index >= 15 is 0 Å². The number of carbonyl (C=O) groups is 2. The van der Waals surface area contributed by atoms with Gasteiger partial charge in [-0.25, -0.2) is 14.0 Å². The highest BCUT2D eigenvalue weighted by Gasteiger charge is 2.66. The maximum Gasteiger partial charge on any atom is 0.439 e. The summed E-state index contributed by atoms with van der Waals surface area (Å²) in [7, 11) is 1.48. The zero-order valence-electron chi connectivity index (χ0n) is 10.3. The summed E-state index contributed by atoms with van der Waals surface area (Å²) in [5.41, 5.74) is -6.81. The zero-order chi connectivity index (χ0) is 15.6. The standard InChI is InChI=1S/C11H9F4NO4/c1-19-8(17)6-4-3-5-16-7(6)10(12,9(18)20-2)11(13,14)15/h3-5H,1-2H3. The van der Waals surface area contributed by atoms with Crippen LogP contribution in [0.5, 0.6) is 0 Å². The van der Waals surface area contributed by atoms with Crippen LogP contribution in [0, 0.1) is 0 Å². The van der Waals surface area contributed by atoms with Crippen molar-refractivity contribution in [1.82, 2.24) is 4.98 Å². The molecule has 1 unspecified atom stereocenters. The van der Waals surface area contributed by atoms with Gasteiger partial charge in [-0.1, -0.05) is 0 Å². The Balaban J connectivity index is 3.60. The summed E-state index contributed by atoms with van der Waals surface area (Å²) in [5, 5.41) is 0. The van der Waals surface area contributed by atoms with Gasteiger partial charge >= 0.3 is 23.8 Å². The van der Waals surface area contributed by atoms with Crippen LogP contribution in [0.25, 0.3) is 0 Å². The first-order valence-electron chi connectivity index (χ1n) is 5.08. The number of rotatable bonds is 3. The molecular weight excluding hydrogens is 286 g/mol. The lowest BCUT2D eigenvalue weighted by molar-refractivity contribution is -0.243. The number of ether oxygens (including phenoxy) is 2. The van der Waals surface area contributed by atoms with E-state index in [1.54, 1.807) is 0 Å². The molecule has 9 heteroatoms. The molecule has 0 N–H and O–H groups in total. The fourth-order valence-electron chi connectivity index (χ4n) is 1.44. The Morgan fingerprint density at radius 2 is 1.75 bits per heavy atom. The quantitative estimate of drug-likeness (QED) is 0.628. The molecule has 0 bridgehead atoms. The smallest absolute Gasteiger partial charge is 0.439 e. The minimum Gasteiger partial charge on any atom is -0.466 e. The lowest BCUT2D eigenvalue weighted by atomic mass is 9.96. The number of hydrogen-bond acceptors (Lipinski definition) is 5. The molecular formula is C11H9F4NO4. The largest absolute Gasteiger partial charge is 0.466 e. The van der Waals surface area contributed by atoms with Crippen molar-refractivity contribution in [2.24, 2.45) is 0 Å². The zero-order valence-corrected chi connectivity index (χ0v) is 10.3. The topological polar surface area (TPSA) is 65.5 Å². The SMILES string of the molecule is COC(=O)c1cccnc1C(F)(C(=O)OC)C(F)(F)F. The van der Waals surface area contributed by atoms with Crippen LogP contribution in [0.3, 0.4) is 0 Å². The van der Waals surface area contributed by atoms with E-state index in [1.165, 1.54) is 0 Å². The number of esters is 2. The van der Waals surface area contributed by atoms with E-state index in [2.05, 4.69) is 14.5 Å². The minimum atomic E-state index is -5.66. The molecule has 20 heavy (non-hydrogen) atoms. The summed E-state index contributed by atoms with van der Waals surface area (Å²) >= 11 is 0. The van der Waals surface area contributed by atoms with E-state index < -0.39 is 35.0 Å². The van der Waals surface area contributed by atoms with Gasteiger partial charge in [0, 0.05) is 6.20 Å². The fourth-order valence-corrected chi connectivity index (χ4v) is 1.44. The Hall–Kier alpha value is -2.19. The molecule has 110 valence electrons. The lowest BCUT2D eigenvalue weighted by Gasteiger charge is -2.25. The molecule has 0 saturated heterocycles. The van der Waals surface area contributed by atoms with Crippen molar-refractivity contribution in [3.63, 3.8) is 0 Å². The summed E-state index contributed by atoms with van der Waals surface area (Å²) < 4.78 is 61.1. The van der Waals surface area contributed by atoms with Crippen molar-refractivity contribution in [3.8, 4) is 0 Å². The summed E-state index contributed by atoms with van der Waals surface area (Å²) in [4.78, 5) is 25.8. The first kappa shape index (κ1) is 15.9. The van der Waals surface area contributed by atoms with Gasteiger partial charge in [0.25, 0.3) is 0 Å². The predicted molar refractivity (Wildman–Crippen MR) is 56.4 cm³/mol. The third-order valence-corrected chi connectivity index (χ3v) is 2.40. The average molecular weight is 295 g/mol. The third-order valence-electron chi connectivity index (χ3n) is 2.40. The van der Waals surface area contributed by atoms with Gasteiger partial charge in [-0.2, -0.15) is 13.2 Å². The Morgan fingerprint density at radius 3 is 2.20 bits per heavy atom. The molecule has 0 aliphatic rings. The number of pyridine rings is 1. The average Bonchev–Trinajstić information content (AvgIpc) is 2.43. The van der Waals surface area contributed by atoms with Crippen LogP contribution in [0.1, 0.15) is 16.1 Å².